The smallest absolute Gasteiger partial charge is 0.335 e. The lowest BCUT2D eigenvalue weighted by molar-refractivity contribution is -0.270. The predicted molar refractivity (Wildman–Crippen MR) is 78.9 cm³/mol. The number of ether oxygens (including phenoxy) is 2. The molecule has 2 aromatic carbocycles. The fourth-order valence-corrected chi connectivity index (χ4v) is 2.57. The minimum absolute atomic E-state index is 0.375. The van der Waals surface area contributed by atoms with E-state index in [-0.39, 0.29) is 0 Å². The van der Waals surface area contributed by atoms with Crippen molar-refractivity contribution in [1.29, 1.82) is 0 Å². The van der Waals surface area contributed by atoms with E-state index in [2.05, 4.69) is 0 Å². The first-order chi connectivity index (χ1) is 11.0. The van der Waals surface area contributed by atoms with Crippen LogP contribution in [0.5, 0.6) is 5.75 Å². The molecule has 3 rings (SSSR count). The Morgan fingerprint density at radius 3 is 2.39 bits per heavy atom. The van der Waals surface area contributed by atoms with E-state index in [1.165, 1.54) is 0 Å². The van der Waals surface area contributed by atoms with Crippen molar-refractivity contribution in [2.24, 2.45) is 0 Å². The zero-order valence-electron chi connectivity index (χ0n) is 11.9. The zero-order chi connectivity index (χ0) is 16.6. The maximum atomic E-state index is 11.1. The van der Waals surface area contributed by atoms with E-state index in [1.807, 2.05) is 24.3 Å². The SMILES string of the molecule is O=C(O)[C@@H]1O[C@H](Oc2cccc3ccccc23)[C@@H](O)[C@H](O)[C@@H]1O. The molecule has 0 radical (unpaired) electrons. The van der Waals surface area contributed by atoms with Gasteiger partial charge in [-0.25, -0.2) is 4.79 Å². The number of aliphatic carboxylic acids is 1. The van der Waals surface area contributed by atoms with Crippen LogP contribution in [0.3, 0.4) is 0 Å². The summed E-state index contributed by atoms with van der Waals surface area (Å²) in [5, 5.41) is 40.1. The van der Waals surface area contributed by atoms with Crippen molar-refractivity contribution in [2.75, 3.05) is 0 Å². The van der Waals surface area contributed by atoms with Gasteiger partial charge in [-0.1, -0.05) is 36.4 Å². The summed E-state index contributed by atoms with van der Waals surface area (Å²) in [7, 11) is 0. The molecule has 7 heteroatoms. The molecule has 1 aliphatic rings. The van der Waals surface area contributed by atoms with Crippen LogP contribution in [0.4, 0.5) is 0 Å². The highest BCUT2D eigenvalue weighted by Gasteiger charge is 2.48. The molecule has 4 N–H and O–H groups in total. The van der Waals surface area contributed by atoms with Gasteiger partial charge in [-0.05, 0) is 11.5 Å². The number of hydrogen-bond donors (Lipinski definition) is 4. The van der Waals surface area contributed by atoms with E-state index in [1.54, 1.807) is 18.2 Å². The predicted octanol–water partition coefficient (Wildman–Crippen LogP) is 0.111. The maximum Gasteiger partial charge on any atom is 0.335 e. The fraction of sp³-hybridized carbons (Fsp3) is 0.312. The van der Waals surface area contributed by atoms with Crippen LogP contribution < -0.4 is 4.74 Å². The van der Waals surface area contributed by atoms with Crippen molar-refractivity contribution in [3.8, 4) is 5.75 Å². The van der Waals surface area contributed by atoms with E-state index >= 15 is 0 Å². The summed E-state index contributed by atoms with van der Waals surface area (Å²) in [5.74, 6) is -1.07. The molecule has 0 saturated carbocycles. The van der Waals surface area contributed by atoms with Gasteiger partial charge in [0.05, 0.1) is 0 Å². The third-order valence-corrected chi connectivity index (χ3v) is 3.81. The monoisotopic (exact) mass is 320 g/mol. The van der Waals surface area contributed by atoms with Crippen molar-refractivity contribution in [1.82, 2.24) is 0 Å². The molecule has 0 aromatic heterocycles. The Labute approximate surface area is 131 Å². The van der Waals surface area contributed by atoms with Gasteiger partial charge in [0.25, 0.3) is 0 Å². The Kier molecular flexibility index (Phi) is 4.18. The molecular formula is C16H16O7. The van der Waals surface area contributed by atoms with Crippen LogP contribution >= 0.6 is 0 Å². The van der Waals surface area contributed by atoms with Gasteiger partial charge in [-0.15, -0.1) is 0 Å². The van der Waals surface area contributed by atoms with E-state index in [0.29, 0.717) is 5.75 Å². The van der Waals surface area contributed by atoms with Gasteiger partial charge in [0, 0.05) is 5.39 Å². The van der Waals surface area contributed by atoms with Gasteiger partial charge in [-0.3, -0.25) is 0 Å². The molecule has 7 nitrogen and oxygen atoms in total. The number of aliphatic hydroxyl groups excluding tert-OH is 3. The van der Waals surface area contributed by atoms with Gasteiger partial charge >= 0.3 is 5.97 Å². The largest absolute Gasteiger partial charge is 0.479 e. The van der Waals surface area contributed by atoms with Crippen LogP contribution in [0.1, 0.15) is 0 Å². The van der Waals surface area contributed by atoms with Crippen molar-refractivity contribution < 1.29 is 34.7 Å². The van der Waals surface area contributed by atoms with Crippen molar-refractivity contribution in [2.45, 2.75) is 30.7 Å². The number of aliphatic hydroxyl groups is 3. The van der Waals surface area contributed by atoms with Crippen LogP contribution in [0.2, 0.25) is 0 Å². The van der Waals surface area contributed by atoms with E-state index in [4.69, 9.17) is 14.6 Å². The second-order valence-corrected chi connectivity index (χ2v) is 5.33. The van der Waals surface area contributed by atoms with Gasteiger partial charge in [0.15, 0.2) is 6.10 Å². The number of fused-ring (bicyclic) bond motifs is 1. The number of benzene rings is 2. The summed E-state index contributed by atoms with van der Waals surface area (Å²) in [6.45, 7) is 0. The van der Waals surface area contributed by atoms with Crippen molar-refractivity contribution in [3.05, 3.63) is 42.5 Å². The summed E-state index contributed by atoms with van der Waals surface area (Å²) in [6.07, 6.45) is -8.12. The fourth-order valence-electron chi connectivity index (χ4n) is 2.57. The lowest BCUT2D eigenvalue weighted by Gasteiger charge is -2.38. The van der Waals surface area contributed by atoms with Gasteiger partial charge < -0.3 is 29.9 Å². The van der Waals surface area contributed by atoms with Crippen LogP contribution in [0.25, 0.3) is 10.8 Å². The molecule has 1 fully saturated rings. The van der Waals surface area contributed by atoms with Crippen LogP contribution in [0, 0.1) is 0 Å². The summed E-state index contributed by atoms with van der Waals surface area (Å²) in [5.41, 5.74) is 0. The maximum absolute atomic E-state index is 11.1. The Balaban J connectivity index is 1.90. The molecule has 2 aromatic rings. The van der Waals surface area contributed by atoms with Crippen molar-refractivity contribution in [3.63, 3.8) is 0 Å². The van der Waals surface area contributed by atoms with Crippen molar-refractivity contribution >= 4 is 16.7 Å². The standard InChI is InChI=1S/C16H16O7/c17-11-12(18)14(15(20)21)23-16(13(11)19)22-10-7-3-5-8-4-1-2-6-9(8)10/h1-7,11-14,16-19H,(H,20,21)/t11-,12+,13+,14-,16+/m1/s1. The molecule has 23 heavy (non-hydrogen) atoms. The number of carbonyl (C=O) groups is 1. The van der Waals surface area contributed by atoms with Gasteiger partial charge in [0.2, 0.25) is 6.29 Å². The van der Waals surface area contributed by atoms with Gasteiger partial charge in [0.1, 0.15) is 24.1 Å². The lowest BCUT2D eigenvalue weighted by Crippen LogP contribution is -2.61. The summed E-state index contributed by atoms with van der Waals surface area (Å²) < 4.78 is 10.7. The molecule has 0 aliphatic carbocycles. The highest BCUT2D eigenvalue weighted by atomic mass is 16.7. The highest BCUT2D eigenvalue weighted by molar-refractivity contribution is 5.88. The topological polar surface area (TPSA) is 116 Å². The number of carboxylic acids is 1. The third-order valence-electron chi connectivity index (χ3n) is 3.81. The van der Waals surface area contributed by atoms with Crippen LogP contribution in [0.15, 0.2) is 42.5 Å². The average Bonchev–Trinajstić information content (AvgIpc) is 2.55. The minimum Gasteiger partial charge on any atom is -0.479 e. The van der Waals surface area contributed by atoms with Crippen LogP contribution in [-0.2, 0) is 9.53 Å². The molecule has 5 atom stereocenters. The first-order valence-corrected chi connectivity index (χ1v) is 7.06. The van der Waals surface area contributed by atoms with E-state index in [0.717, 1.165) is 10.8 Å². The number of rotatable bonds is 3. The summed E-state index contributed by atoms with van der Waals surface area (Å²) in [6, 6.07) is 12.6. The van der Waals surface area contributed by atoms with E-state index < -0.39 is 36.7 Å². The molecule has 1 saturated heterocycles. The second kappa shape index (κ2) is 6.13. The quantitative estimate of drug-likeness (QED) is 0.634. The Morgan fingerprint density at radius 1 is 0.957 bits per heavy atom. The molecular weight excluding hydrogens is 304 g/mol. The Hall–Kier alpha value is -2.19. The van der Waals surface area contributed by atoms with Crippen LogP contribution in [-0.4, -0.2) is 57.1 Å². The first kappa shape index (κ1) is 15.7. The molecule has 0 spiro atoms. The highest BCUT2D eigenvalue weighted by Crippen LogP contribution is 2.29. The Morgan fingerprint density at radius 2 is 1.65 bits per heavy atom. The zero-order valence-corrected chi connectivity index (χ0v) is 11.9. The second-order valence-electron chi connectivity index (χ2n) is 5.33. The lowest BCUT2D eigenvalue weighted by atomic mass is 9.99. The minimum atomic E-state index is -1.74. The summed E-state index contributed by atoms with van der Waals surface area (Å²) in [4.78, 5) is 11.1. The van der Waals surface area contributed by atoms with E-state index in [9.17, 15) is 20.1 Å². The molecule has 1 aliphatic heterocycles. The Bertz CT molecular complexity index is 711. The molecule has 0 bridgehead atoms. The first-order valence-electron chi connectivity index (χ1n) is 7.06. The molecule has 0 unspecified atom stereocenters. The molecule has 122 valence electrons. The summed E-state index contributed by atoms with van der Waals surface area (Å²) >= 11 is 0. The number of hydrogen-bond acceptors (Lipinski definition) is 6. The molecule has 1 heterocycles. The normalized spacial score (nSPS) is 31.0. The average molecular weight is 320 g/mol. The van der Waals surface area contributed by atoms with Gasteiger partial charge in [-0.2, -0.15) is 0 Å². The number of carboxylic acid groups (broad SMARTS) is 1. The third kappa shape index (κ3) is 2.87. The molecule has 0 amide bonds.